The zero-order valence-corrected chi connectivity index (χ0v) is 14.6. The zero-order chi connectivity index (χ0) is 13.1. The maximum absolute atomic E-state index is 10.3. The third-order valence-electron chi connectivity index (χ3n) is 2.08. The van der Waals surface area contributed by atoms with Gasteiger partial charge in [0, 0.05) is 5.97 Å². The van der Waals surface area contributed by atoms with Crippen LogP contribution in [-0.2, 0) is 9.59 Å². The van der Waals surface area contributed by atoms with Crippen molar-refractivity contribution in [1.29, 1.82) is 0 Å². The number of hydrogen-bond donors (Lipinski definition) is 0. The average Bonchev–Trinajstić information content (AvgIpc) is 2.19. The maximum atomic E-state index is 10.3. The molecule has 96 valence electrons. The average molecular weight is 435 g/mol. The van der Waals surface area contributed by atoms with Crippen LogP contribution >= 0.6 is 0 Å². The number of rotatable bonds is 6. The minimum absolute atomic E-state index is 0. The molecule has 0 rings (SSSR count). The fourth-order valence-electron chi connectivity index (χ4n) is 0.939. The van der Waals surface area contributed by atoms with Crippen molar-refractivity contribution in [1.82, 2.24) is 0 Å². The minimum atomic E-state index is -1.19. The number of carboxylic acid groups (broad SMARTS) is 2. The van der Waals surface area contributed by atoms with Gasteiger partial charge in [0.25, 0.3) is 0 Å². The second-order valence-electron chi connectivity index (χ2n) is 3.63. The third kappa shape index (κ3) is 15.6. The van der Waals surface area contributed by atoms with E-state index in [9.17, 15) is 19.8 Å². The van der Waals surface area contributed by atoms with Crippen LogP contribution in [0.3, 0.4) is 0 Å². The second-order valence-corrected chi connectivity index (χ2v) is 3.63. The van der Waals surface area contributed by atoms with E-state index in [-0.39, 0.29) is 38.8 Å². The molecule has 1 unspecified atom stereocenters. The summed E-state index contributed by atoms with van der Waals surface area (Å²) in [6.45, 7) is 8.42. The van der Waals surface area contributed by atoms with E-state index < -0.39 is 11.9 Å². The molecule has 0 saturated carbocycles. The van der Waals surface area contributed by atoms with Crippen molar-refractivity contribution in [3.05, 3.63) is 12.2 Å². The maximum Gasteiger partial charge on any atom is 2.00 e. The Bertz CT molecular complexity index is 227. The fraction of sp³-hybridized carbons (Fsp3) is 0.667. The second kappa shape index (κ2) is 13.7. The molecule has 0 fully saturated rings. The molecule has 0 bridgehead atoms. The smallest absolute Gasteiger partial charge is 0.550 e. The molecule has 0 spiro atoms. The first-order valence-corrected chi connectivity index (χ1v) is 5.44. The van der Waals surface area contributed by atoms with E-state index >= 15 is 0 Å². The van der Waals surface area contributed by atoms with Gasteiger partial charge in [-0.2, -0.15) is 0 Å². The van der Waals surface area contributed by atoms with Crippen LogP contribution in [0, 0.1) is 5.92 Å². The van der Waals surface area contributed by atoms with Crippen molar-refractivity contribution < 1.29 is 19.8 Å². The quantitative estimate of drug-likeness (QED) is 0.431. The van der Waals surface area contributed by atoms with Crippen LogP contribution in [-0.4, -0.2) is 39.2 Å². The van der Waals surface area contributed by atoms with E-state index in [1.165, 1.54) is 6.92 Å². The summed E-state index contributed by atoms with van der Waals surface area (Å²) < 4.78 is 0. The summed E-state index contributed by atoms with van der Waals surface area (Å²) in [5.41, 5.74) is 0.0648. The van der Waals surface area contributed by atoms with Gasteiger partial charge < -0.3 is 19.8 Å². The molecule has 0 aliphatic rings. The summed E-state index contributed by atoms with van der Waals surface area (Å²) in [5.74, 6) is -2.30. The molecule has 0 aromatic carbocycles. The Labute approximate surface area is 123 Å². The fourth-order valence-corrected chi connectivity index (χ4v) is 0.939. The van der Waals surface area contributed by atoms with Crippen LogP contribution in [0.15, 0.2) is 12.2 Å². The Balaban J connectivity index is -0.000000244. The van der Waals surface area contributed by atoms with Gasteiger partial charge in [0.2, 0.25) is 0 Å². The Morgan fingerprint density at radius 1 is 1.24 bits per heavy atom. The molecule has 17 heavy (non-hydrogen) atoms. The van der Waals surface area contributed by atoms with E-state index in [0.717, 1.165) is 19.3 Å². The molecule has 0 aliphatic carbocycles. The third-order valence-corrected chi connectivity index (χ3v) is 2.08. The molecular formula is C12H20O4Pb. The van der Waals surface area contributed by atoms with Gasteiger partial charge in [0.15, 0.2) is 0 Å². The van der Waals surface area contributed by atoms with Crippen LogP contribution in [0.4, 0.5) is 0 Å². The number of unbranched alkanes of at least 4 members (excludes halogenated alkanes) is 1. The van der Waals surface area contributed by atoms with Gasteiger partial charge in [0.1, 0.15) is 0 Å². The number of carboxylic acids is 2. The Morgan fingerprint density at radius 2 is 1.65 bits per heavy atom. The molecule has 0 amide bonds. The topological polar surface area (TPSA) is 80.3 Å². The summed E-state index contributed by atoms with van der Waals surface area (Å²) in [5, 5.41) is 19.8. The molecule has 0 aliphatic heterocycles. The normalized spacial score (nSPS) is 10.3. The monoisotopic (exact) mass is 436 g/mol. The Hall–Kier alpha value is -0.398. The molecule has 2 radical (unpaired) electrons. The van der Waals surface area contributed by atoms with Crippen LogP contribution in [0.2, 0.25) is 0 Å². The summed E-state index contributed by atoms with van der Waals surface area (Å²) in [6.07, 6.45) is 3.52. The SMILES string of the molecule is C=C(C)C(=O)[O-].CCCCC(CC)C(=O)[O-].[Pb+2]. The van der Waals surface area contributed by atoms with Crippen molar-refractivity contribution in [3.63, 3.8) is 0 Å². The van der Waals surface area contributed by atoms with E-state index in [1.54, 1.807) is 0 Å². The van der Waals surface area contributed by atoms with Gasteiger partial charge >= 0.3 is 27.3 Å². The molecule has 0 N–H and O–H groups in total. The number of hydrogen-bond acceptors (Lipinski definition) is 4. The van der Waals surface area contributed by atoms with Crippen LogP contribution in [0.5, 0.6) is 0 Å². The molecular weight excluding hydrogens is 415 g/mol. The van der Waals surface area contributed by atoms with Crippen molar-refractivity contribution >= 4 is 39.2 Å². The Morgan fingerprint density at radius 3 is 1.82 bits per heavy atom. The molecule has 4 nitrogen and oxygen atoms in total. The van der Waals surface area contributed by atoms with Gasteiger partial charge in [-0.25, -0.2) is 0 Å². The Kier molecular flexibility index (Phi) is 17.6. The van der Waals surface area contributed by atoms with Crippen LogP contribution in [0.1, 0.15) is 46.5 Å². The number of carbonyl (C=O) groups is 2. The van der Waals surface area contributed by atoms with Crippen molar-refractivity contribution in [2.45, 2.75) is 46.5 Å². The van der Waals surface area contributed by atoms with Crippen LogP contribution in [0.25, 0.3) is 0 Å². The molecule has 0 saturated heterocycles. The first-order chi connectivity index (χ1) is 7.36. The summed E-state index contributed by atoms with van der Waals surface area (Å²) in [4.78, 5) is 19.8. The van der Waals surface area contributed by atoms with Crippen molar-refractivity contribution in [2.75, 3.05) is 0 Å². The summed E-state index contributed by atoms with van der Waals surface area (Å²) in [7, 11) is 0. The zero-order valence-electron chi connectivity index (χ0n) is 10.7. The minimum Gasteiger partial charge on any atom is -0.550 e. The largest absolute Gasteiger partial charge is 2.00 e. The van der Waals surface area contributed by atoms with Gasteiger partial charge in [-0.1, -0.05) is 33.3 Å². The van der Waals surface area contributed by atoms with Gasteiger partial charge in [-0.3, -0.25) is 0 Å². The van der Waals surface area contributed by atoms with Gasteiger partial charge in [0.05, 0.1) is 5.97 Å². The van der Waals surface area contributed by atoms with Crippen LogP contribution < -0.4 is 10.2 Å². The first kappa shape index (κ1) is 21.8. The predicted octanol–water partition coefficient (Wildman–Crippen LogP) is -0.116. The number of carbonyl (C=O) groups excluding carboxylic acids is 2. The molecule has 1 atom stereocenters. The molecule has 0 aromatic rings. The summed E-state index contributed by atoms with van der Waals surface area (Å²) in [6, 6.07) is 0. The summed E-state index contributed by atoms with van der Waals surface area (Å²) >= 11 is 0. The van der Waals surface area contributed by atoms with E-state index in [1.807, 2.05) is 6.92 Å². The first-order valence-electron chi connectivity index (χ1n) is 5.44. The van der Waals surface area contributed by atoms with Crippen molar-refractivity contribution in [2.24, 2.45) is 5.92 Å². The van der Waals surface area contributed by atoms with Gasteiger partial charge in [-0.05, 0) is 31.3 Å². The molecule has 5 heteroatoms. The standard InChI is InChI=1S/C8H16O2.C4H6O2.Pb/c1-3-5-6-7(4-2)8(9)10;1-3(2)4(5)6;/h7H,3-6H2,1-2H3,(H,9,10);1H2,2H3,(H,5,6);/q;;+2/p-2. The predicted molar refractivity (Wildman–Crippen MR) is 63.9 cm³/mol. The van der Waals surface area contributed by atoms with E-state index in [2.05, 4.69) is 13.5 Å². The van der Waals surface area contributed by atoms with E-state index in [4.69, 9.17) is 0 Å². The van der Waals surface area contributed by atoms with Gasteiger partial charge in [-0.15, -0.1) is 0 Å². The van der Waals surface area contributed by atoms with Crippen molar-refractivity contribution in [3.8, 4) is 0 Å². The molecule has 0 heterocycles. The number of aliphatic carboxylic acids is 2. The molecule has 0 aromatic heterocycles. The van der Waals surface area contributed by atoms with E-state index in [0.29, 0.717) is 6.42 Å².